The number of carbonyl (C=O) groups excluding carboxylic acids is 2. The third-order valence-corrected chi connectivity index (χ3v) is 6.76. The number of likely N-dealkylation sites (tertiary alicyclic amines) is 1. The molecule has 3 aromatic rings. The molecule has 3 amide bonds. The van der Waals surface area contributed by atoms with Crippen LogP contribution in [0.1, 0.15) is 38.3 Å². The molecule has 0 bridgehead atoms. The zero-order valence-electron chi connectivity index (χ0n) is 21.8. The Kier molecular flexibility index (Phi) is 7.76. The standard InChI is InChI=1S/C28H33N5O5/c1-19(2)38-22-5-3-21(4-6-22)31-27(34)32-11-9-20(10-12-32)26-24-8-7-23(17-25(24)29-18-30-26)36-15-13-33-14-16-37-28(33)35/h3-8,17-20H,9-16H2,1-2H3,(H,31,34). The van der Waals surface area contributed by atoms with E-state index in [-0.39, 0.29) is 24.1 Å². The second-order valence-corrected chi connectivity index (χ2v) is 9.77. The first-order valence-electron chi connectivity index (χ1n) is 13.1. The average molecular weight is 520 g/mol. The van der Waals surface area contributed by atoms with Crippen molar-refractivity contribution >= 4 is 28.7 Å². The molecule has 38 heavy (non-hydrogen) atoms. The van der Waals surface area contributed by atoms with Crippen LogP contribution in [0.15, 0.2) is 48.8 Å². The molecule has 0 radical (unpaired) electrons. The quantitative estimate of drug-likeness (QED) is 0.461. The molecule has 1 aromatic heterocycles. The summed E-state index contributed by atoms with van der Waals surface area (Å²) in [7, 11) is 0. The number of rotatable bonds is 8. The van der Waals surface area contributed by atoms with E-state index < -0.39 is 0 Å². The Labute approximate surface area is 221 Å². The van der Waals surface area contributed by atoms with Gasteiger partial charge in [-0.2, -0.15) is 0 Å². The Morgan fingerprint density at radius 3 is 2.55 bits per heavy atom. The smallest absolute Gasteiger partial charge is 0.410 e. The number of aromatic nitrogens is 2. The molecule has 1 N–H and O–H groups in total. The number of hydrogen-bond acceptors (Lipinski definition) is 7. The van der Waals surface area contributed by atoms with E-state index in [9.17, 15) is 9.59 Å². The number of nitrogens with one attached hydrogen (secondary N) is 1. The lowest BCUT2D eigenvalue weighted by molar-refractivity contribution is 0.153. The largest absolute Gasteiger partial charge is 0.492 e. The SMILES string of the molecule is CC(C)Oc1ccc(NC(=O)N2CCC(c3ncnc4cc(OCCN5CCOC5=O)ccc34)CC2)cc1. The fourth-order valence-corrected chi connectivity index (χ4v) is 4.82. The molecular weight excluding hydrogens is 486 g/mol. The third-order valence-electron chi connectivity index (χ3n) is 6.76. The topological polar surface area (TPSA) is 106 Å². The van der Waals surface area contributed by atoms with E-state index in [1.807, 2.05) is 61.2 Å². The van der Waals surface area contributed by atoms with Gasteiger partial charge in [-0.1, -0.05) is 0 Å². The number of cyclic esters (lactones) is 1. The van der Waals surface area contributed by atoms with Crippen LogP contribution in [0.4, 0.5) is 15.3 Å². The molecule has 0 saturated carbocycles. The summed E-state index contributed by atoms with van der Waals surface area (Å²) >= 11 is 0. The summed E-state index contributed by atoms with van der Waals surface area (Å²) in [4.78, 5) is 36.9. The summed E-state index contributed by atoms with van der Waals surface area (Å²) in [5.74, 6) is 1.72. The molecular formula is C28H33N5O5. The average Bonchev–Trinajstić information content (AvgIpc) is 3.33. The fourth-order valence-electron chi connectivity index (χ4n) is 4.82. The van der Waals surface area contributed by atoms with E-state index in [2.05, 4.69) is 15.3 Å². The lowest BCUT2D eigenvalue weighted by Gasteiger charge is -2.32. The van der Waals surface area contributed by atoms with Crippen molar-refractivity contribution < 1.29 is 23.8 Å². The zero-order chi connectivity index (χ0) is 26.5. The number of piperidine rings is 1. The number of anilines is 1. The number of carbonyl (C=O) groups is 2. The van der Waals surface area contributed by atoms with Crippen LogP contribution in [0.25, 0.3) is 10.9 Å². The molecule has 5 rings (SSSR count). The summed E-state index contributed by atoms with van der Waals surface area (Å²) in [5, 5.41) is 3.98. The maximum absolute atomic E-state index is 12.8. The van der Waals surface area contributed by atoms with Crippen molar-refractivity contribution in [2.75, 3.05) is 44.7 Å². The number of ether oxygens (including phenoxy) is 3. The van der Waals surface area contributed by atoms with Gasteiger partial charge in [0.05, 0.1) is 30.4 Å². The molecule has 0 aliphatic carbocycles. The van der Waals surface area contributed by atoms with Crippen molar-refractivity contribution in [3.8, 4) is 11.5 Å². The van der Waals surface area contributed by atoms with Gasteiger partial charge in [-0.05, 0) is 63.1 Å². The molecule has 3 heterocycles. The maximum Gasteiger partial charge on any atom is 0.410 e. The monoisotopic (exact) mass is 519 g/mol. The molecule has 2 fully saturated rings. The molecule has 10 nitrogen and oxygen atoms in total. The summed E-state index contributed by atoms with van der Waals surface area (Å²) in [6, 6.07) is 13.2. The maximum atomic E-state index is 12.8. The zero-order valence-corrected chi connectivity index (χ0v) is 21.8. The van der Waals surface area contributed by atoms with Crippen LogP contribution in [0.3, 0.4) is 0 Å². The number of urea groups is 1. The van der Waals surface area contributed by atoms with E-state index in [4.69, 9.17) is 14.2 Å². The molecule has 10 heteroatoms. The van der Waals surface area contributed by atoms with Crippen LogP contribution < -0.4 is 14.8 Å². The van der Waals surface area contributed by atoms with Gasteiger partial charge in [0.2, 0.25) is 0 Å². The highest BCUT2D eigenvalue weighted by molar-refractivity contribution is 5.89. The predicted octanol–water partition coefficient (Wildman–Crippen LogP) is 4.66. The van der Waals surface area contributed by atoms with Gasteiger partial charge in [0, 0.05) is 36.1 Å². The Morgan fingerprint density at radius 2 is 1.84 bits per heavy atom. The summed E-state index contributed by atoms with van der Waals surface area (Å²) in [5.41, 5.74) is 2.56. The molecule has 0 spiro atoms. The van der Waals surface area contributed by atoms with Crippen LogP contribution in [-0.4, -0.2) is 77.4 Å². The van der Waals surface area contributed by atoms with E-state index in [1.54, 1.807) is 11.2 Å². The predicted molar refractivity (Wildman–Crippen MR) is 143 cm³/mol. The van der Waals surface area contributed by atoms with E-state index in [0.717, 1.165) is 40.9 Å². The first-order valence-corrected chi connectivity index (χ1v) is 13.1. The summed E-state index contributed by atoms with van der Waals surface area (Å²) < 4.78 is 16.5. The normalized spacial score (nSPS) is 16.1. The number of hydrogen-bond donors (Lipinski definition) is 1. The van der Waals surface area contributed by atoms with Crippen LogP contribution in [-0.2, 0) is 4.74 Å². The van der Waals surface area contributed by atoms with Crippen molar-refractivity contribution in [2.45, 2.75) is 38.7 Å². The molecule has 0 unspecified atom stereocenters. The van der Waals surface area contributed by atoms with Crippen molar-refractivity contribution in [2.24, 2.45) is 0 Å². The Morgan fingerprint density at radius 1 is 1.08 bits per heavy atom. The molecule has 2 aromatic carbocycles. The molecule has 2 aliphatic rings. The number of nitrogens with zero attached hydrogens (tertiary/aromatic N) is 4. The molecule has 0 atom stereocenters. The van der Waals surface area contributed by atoms with Gasteiger partial charge >= 0.3 is 12.1 Å². The van der Waals surface area contributed by atoms with Crippen molar-refractivity contribution in [1.29, 1.82) is 0 Å². The number of amides is 3. The minimum absolute atomic E-state index is 0.0995. The lowest BCUT2D eigenvalue weighted by Crippen LogP contribution is -2.40. The van der Waals surface area contributed by atoms with E-state index in [1.165, 1.54) is 0 Å². The minimum Gasteiger partial charge on any atom is -0.492 e. The first-order chi connectivity index (χ1) is 18.5. The van der Waals surface area contributed by atoms with Crippen LogP contribution >= 0.6 is 0 Å². The van der Waals surface area contributed by atoms with Gasteiger partial charge < -0.3 is 29.3 Å². The second kappa shape index (κ2) is 11.5. The van der Waals surface area contributed by atoms with Crippen molar-refractivity contribution in [3.63, 3.8) is 0 Å². The summed E-state index contributed by atoms with van der Waals surface area (Å²) in [6.07, 6.45) is 3.05. The van der Waals surface area contributed by atoms with Gasteiger partial charge in [-0.25, -0.2) is 19.6 Å². The van der Waals surface area contributed by atoms with Crippen LogP contribution in [0, 0.1) is 0 Å². The van der Waals surface area contributed by atoms with Crippen molar-refractivity contribution in [1.82, 2.24) is 19.8 Å². The molecule has 2 saturated heterocycles. The van der Waals surface area contributed by atoms with Gasteiger partial charge in [0.15, 0.2) is 0 Å². The fraction of sp³-hybridized carbons (Fsp3) is 0.429. The third kappa shape index (κ3) is 6.07. The van der Waals surface area contributed by atoms with Gasteiger partial charge in [-0.3, -0.25) is 0 Å². The number of fused-ring (bicyclic) bond motifs is 1. The van der Waals surface area contributed by atoms with Crippen LogP contribution in [0.2, 0.25) is 0 Å². The minimum atomic E-state index is -0.293. The Bertz CT molecular complexity index is 1270. The second-order valence-electron chi connectivity index (χ2n) is 9.77. The van der Waals surface area contributed by atoms with E-state index >= 15 is 0 Å². The Hall–Kier alpha value is -4.08. The highest BCUT2D eigenvalue weighted by Gasteiger charge is 2.26. The van der Waals surface area contributed by atoms with Gasteiger partial charge in [-0.15, -0.1) is 0 Å². The van der Waals surface area contributed by atoms with Crippen LogP contribution in [0.5, 0.6) is 11.5 Å². The van der Waals surface area contributed by atoms with E-state index in [0.29, 0.717) is 45.1 Å². The Balaban J connectivity index is 1.15. The summed E-state index contributed by atoms with van der Waals surface area (Å²) in [6.45, 7) is 7.15. The lowest BCUT2D eigenvalue weighted by atomic mass is 9.91. The molecule has 2 aliphatic heterocycles. The van der Waals surface area contributed by atoms with Gasteiger partial charge in [0.1, 0.15) is 31.0 Å². The highest BCUT2D eigenvalue weighted by Crippen LogP contribution is 2.32. The van der Waals surface area contributed by atoms with Gasteiger partial charge in [0.25, 0.3) is 0 Å². The number of benzene rings is 2. The highest BCUT2D eigenvalue weighted by atomic mass is 16.6. The molecule has 200 valence electrons. The first kappa shape index (κ1) is 25.6. The van der Waals surface area contributed by atoms with Crippen molar-refractivity contribution in [3.05, 3.63) is 54.5 Å².